The van der Waals surface area contributed by atoms with Crippen LogP contribution in [0.4, 0.5) is 0 Å². The van der Waals surface area contributed by atoms with E-state index in [0.717, 1.165) is 19.1 Å². The van der Waals surface area contributed by atoms with Crippen LogP contribution in [0.5, 0.6) is 0 Å². The number of carbonyl (C=O) groups is 1. The van der Waals surface area contributed by atoms with Crippen LogP contribution < -0.4 is 0 Å². The van der Waals surface area contributed by atoms with Gasteiger partial charge in [-0.3, -0.25) is 4.79 Å². The van der Waals surface area contributed by atoms with Gasteiger partial charge in [-0.25, -0.2) is 8.42 Å². The highest BCUT2D eigenvalue weighted by Crippen LogP contribution is 2.34. The number of hydrogen-bond acceptors (Lipinski definition) is 3. The Bertz CT molecular complexity index is 1100. The monoisotopic (exact) mass is 388 g/mol. The van der Waals surface area contributed by atoms with Crippen molar-refractivity contribution in [3.63, 3.8) is 0 Å². The van der Waals surface area contributed by atoms with Crippen molar-refractivity contribution in [1.29, 1.82) is 0 Å². The number of nitrogens with one attached hydrogen (secondary N) is 1. The van der Waals surface area contributed by atoms with E-state index in [4.69, 9.17) is 11.6 Å². The minimum atomic E-state index is -3.54. The maximum Gasteiger partial charge on any atom is 0.243 e. The Morgan fingerprint density at radius 1 is 1.08 bits per heavy atom. The molecule has 0 aliphatic carbocycles. The third-order valence-corrected chi connectivity index (χ3v) is 7.00. The Labute approximate surface area is 156 Å². The lowest BCUT2D eigenvalue weighted by molar-refractivity contribution is 0.112. The van der Waals surface area contributed by atoms with Gasteiger partial charge in [0.1, 0.15) is 0 Å². The molecule has 26 heavy (non-hydrogen) atoms. The Morgan fingerprint density at radius 2 is 1.81 bits per heavy atom. The molecular weight excluding hydrogens is 372 g/mol. The summed E-state index contributed by atoms with van der Waals surface area (Å²) in [5, 5.41) is 1.10. The van der Waals surface area contributed by atoms with Gasteiger partial charge in [0.05, 0.1) is 10.6 Å². The molecule has 2 aromatic carbocycles. The second-order valence-electron chi connectivity index (χ2n) is 6.33. The zero-order valence-electron chi connectivity index (χ0n) is 13.9. The van der Waals surface area contributed by atoms with Crippen molar-refractivity contribution in [3.05, 3.63) is 53.1 Å². The normalized spacial score (nSPS) is 15.6. The topological polar surface area (TPSA) is 70.2 Å². The molecule has 0 unspecified atom stereocenters. The van der Waals surface area contributed by atoms with E-state index in [1.54, 1.807) is 24.3 Å². The van der Waals surface area contributed by atoms with Crippen LogP contribution in [0.3, 0.4) is 0 Å². The number of rotatable bonds is 4. The van der Waals surface area contributed by atoms with Crippen molar-refractivity contribution < 1.29 is 13.2 Å². The van der Waals surface area contributed by atoms with Gasteiger partial charge in [0.15, 0.2) is 6.29 Å². The second kappa shape index (κ2) is 6.54. The molecule has 1 aliphatic heterocycles. The maximum absolute atomic E-state index is 12.8. The molecule has 4 rings (SSSR count). The molecule has 0 radical (unpaired) electrons. The van der Waals surface area contributed by atoms with Gasteiger partial charge < -0.3 is 4.98 Å². The van der Waals surface area contributed by atoms with E-state index in [2.05, 4.69) is 4.98 Å². The first-order valence-electron chi connectivity index (χ1n) is 8.38. The van der Waals surface area contributed by atoms with Gasteiger partial charge in [-0.15, -0.1) is 0 Å². The predicted molar refractivity (Wildman–Crippen MR) is 102 cm³/mol. The fourth-order valence-corrected chi connectivity index (χ4v) is 5.20. The molecule has 2 heterocycles. The van der Waals surface area contributed by atoms with Crippen molar-refractivity contribution >= 4 is 38.8 Å². The first kappa shape index (κ1) is 17.3. The van der Waals surface area contributed by atoms with Crippen LogP contribution >= 0.6 is 11.6 Å². The van der Waals surface area contributed by atoms with Crippen LogP contribution in [-0.2, 0) is 10.0 Å². The summed E-state index contributed by atoms with van der Waals surface area (Å²) in [4.78, 5) is 15.2. The summed E-state index contributed by atoms with van der Waals surface area (Å²) < 4.78 is 27.1. The van der Waals surface area contributed by atoms with E-state index in [1.807, 2.05) is 18.2 Å². The van der Waals surface area contributed by atoms with Crippen molar-refractivity contribution in [2.24, 2.45) is 0 Å². The predicted octanol–water partition coefficient (Wildman–Crippen LogP) is 4.09. The zero-order chi connectivity index (χ0) is 18.3. The number of nitrogens with zero attached hydrogens (tertiary/aromatic N) is 1. The second-order valence-corrected chi connectivity index (χ2v) is 8.68. The van der Waals surface area contributed by atoms with E-state index in [0.29, 0.717) is 45.8 Å². The average molecular weight is 389 g/mol. The van der Waals surface area contributed by atoms with E-state index in [9.17, 15) is 13.2 Å². The zero-order valence-corrected chi connectivity index (χ0v) is 15.5. The molecule has 0 bridgehead atoms. The molecule has 0 atom stereocenters. The average Bonchev–Trinajstić information content (AvgIpc) is 3.29. The smallest absolute Gasteiger partial charge is 0.243 e. The van der Waals surface area contributed by atoms with E-state index in [-0.39, 0.29) is 4.90 Å². The Hall–Kier alpha value is -2.15. The number of hydrogen-bond donors (Lipinski definition) is 1. The molecule has 1 N–H and O–H groups in total. The molecule has 0 spiro atoms. The number of fused-ring (bicyclic) bond motifs is 1. The van der Waals surface area contributed by atoms with Gasteiger partial charge in [0.2, 0.25) is 10.0 Å². The standard InChI is InChI=1S/C19H17ClN2O3S/c20-17-6-2-1-5-14(17)19-16(12-23)15-11-13(7-8-18(15)21-19)26(24,25)22-9-3-4-10-22/h1-2,5-8,11-12,21H,3-4,9-10H2. The molecule has 1 aliphatic rings. The molecule has 0 saturated carbocycles. The van der Waals surface area contributed by atoms with Crippen LogP contribution in [0, 0.1) is 0 Å². The number of carbonyl (C=O) groups excluding carboxylic acids is 1. The highest BCUT2D eigenvalue weighted by atomic mass is 35.5. The molecular formula is C19H17ClN2O3S. The summed E-state index contributed by atoms with van der Waals surface area (Å²) in [6, 6.07) is 12.1. The summed E-state index contributed by atoms with van der Waals surface area (Å²) in [6.45, 7) is 1.08. The molecule has 1 fully saturated rings. The minimum Gasteiger partial charge on any atom is -0.354 e. The third-order valence-electron chi connectivity index (χ3n) is 4.77. The molecule has 7 heteroatoms. The number of sulfonamides is 1. The summed E-state index contributed by atoms with van der Waals surface area (Å²) in [5.41, 5.74) is 2.40. The Morgan fingerprint density at radius 3 is 2.50 bits per heavy atom. The number of aldehydes is 1. The lowest BCUT2D eigenvalue weighted by atomic mass is 10.1. The van der Waals surface area contributed by atoms with Gasteiger partial charge in [0, 0.05) is 40.1 Å². The number of aromatic amines is 1. The lowest BCUT2D eigenvalue weighted by Crippen LogP contribution is -2.27. The van der Waals surface area contributed by atoms with E-state index in [1.165, 1.54) is 4.31 Å². The SMILES string of the molecule is O=Cc1c(-c2ccccc2Cl)[nH]c2ccc(S(=O)(=O)N3CCCC3)cc12. The largest absolute Gasteiger partial charge is 0.354 e. The van der Waals surface area contributed by atoms with Crippen LogP contribution in [0.2, 0.25) is 5.02 Å². The Balaban J connectivity index is 1.89. The van der Waals surface area contributed by atoms with Crippen LogP contribution in [0.25, 0.3) is 22.2 Å². The number of H-pyrrole nitrogens is 1. The number of benzene rings is 2. The van der Waals surface area contributed by atoms with Crippen molar-refractivity contribution in [1.82, 2.24) is 9.29 Å². The van der Waals surface area contributed by atoms with Crippen LogP contribution in [0.1, 0.15) is 23.2 Å². The van der Waals surface area contributed by atoms with Gasteiger partial charge in [0.25, 0.3) is 0 Å². The van der Waals surface area contributed by atoms with E-state index >= 15 is 0 Å². The molecule has 3 aromatic rings. The number of halogens is 1. The lowest BCUT2D eigenvalue weighted by Gasteiger charge is -2.15. The fraction of sp³-hybridized carbons (Fsp3) is 0.211. The molecule has 1 aromatic heterocycles. The van der Waals surface area contributed by atoms with Gasteiger partial charge in [-0.1, -0.05) is 29.8 Å². The molecule has 1 saturated heterocycles. The molecule has 5 nitrogen and oxygen atoms in total. The summed E-state index contributed by atoms with van der Waals surface area (Å²) in [6.07, 6.45) is 2.49. The van der Waals surface area contributed by atoms with Crippen molar-refractivity contribution in [3.8, 4) is 11.3 Å². The van der Waals surface area contributed by atoms with Crippen molar-refractivity contribution in [2.75, 3.05) is 13.1 Å². The van der Waals surface area contributed by atoms with Gasteiger partial charge >= 0.3 is 0 Å². The van der Waals surface area contributed by atoms with E-state index < -0.39 is 10.0 Å². The summed E-state index contributed by atoms with van der Waals surface area (Å²) >= 11 is 6.27. The Kier molecular flexibility index (Phi) is 4.34. The quantitative estimate of drug-likeness (QED) is 0.684. The third kappa shape index (κ3) is 2.74. The fourth-order valence-electron chi connectivity index (χ4n) is 3.43. The molecule has 0 amide bonds. The van der Waals surface area contributed by atoms with Gasteiger partial charge in [-0.05, 0) is 37.1 Å². The summed E-state index contributed by atoms with van der Waals surface area (Å²) in [5.74, 6) is 0. The highest BCUT2D eigenvalue weighted by Gasteiger charge is 2.28. The first-order valence-corrected chi connectivity index (χ1v) is 10.2. The number of aromatic nitrogens is 1. The maximum atomic E-state index is 12.8. The van der Waals surface area contributed by atoms with Crippen LogP contribution in [0.15, 0.2) is 47.4 Å². The first-order chi connectivity index (χ1) is 12.5. The summed E-state index contributed by atoms with van der Waals surface area (Å²) in [7, 11) is -3.54. The molecule has 134 valence electrons. The van der Waals surface area contributed by atoms with Gasteiger partial charge in [-0.2, -0.15) is 4.31 Å². The minimum absolute atomic E-state index is 0.208. The van der Waals surface area contributed by atoms with Crippen LogP contribution in [-0.4, -0.2) is 37.1 Å². The highest BCUT2D eigenvalue weighted by molar-refractivity contribution is 7.89. The van der Waals surface area contributed by atoms with Crippen molar-refractivity contribution in [2.45, 2.75) is 17.7 Å².